The van der Waals surface area contributed by atoms with E-state index in [0.29, 0.717) is 13.2 Å². The van der Waals surface area contributed by atoms with Crippen LogP contribution >= 0.6 is 0 Å². The van der Waals surface area contributed by atoms with Gasteiger partial charge in [0.2, 0.25) is 0 Å². The summed E-state index contributed by atoms with van der Waals surface area (Å²) in [4.78, 5) is 11.2. The van der Waals surface area contributed by atoms with Crippen LogP contribution in [0.5, 0.6) is 5.75 Å². The SMILES string of the molecule is Cc1ccc(COc2ccc(COC(=O)CCN)cc2)cc1. The lowest BCUT2D eigenvalue weighted by molar-refractivity contribution is -0.144. The third kappa shape index (κ3) is 5.22. The molecule has 0 bridgehead atoms. The predicted octanol–water partition coefficient (Wildman–Crippen LogP) is 2.97. The van der Waals surface area contributed by atoms with E-state index >= 15 is 0 Å². The van der Waals surface area contributed by atoms with E-state index in [1.54, 1.807) is 0 Å². The van der Waals surface area contributed by atoms with Crippen LogP contribution in [0.1, 0.15) is 23.1 Å². The van der Waals surface area contributed by atoms with Crippen molar-refractivity contribution in [1.82, 2.24) is 0 Å². The number of ether oxygens (including phenoxy) is 2. The van der Waals surface area contributed by atoms with Crippen LogP contribution < -0.4 is 10.5 Å². The van der Waals surface area contributed by atoms with Gasteiger partial charge in [-0.1, -0.05) is 42.0 Å². The zero-order chi connectivity index (χ0) is 15.8. The molecular formula is C18H21NO3. The molecule has 0 heterocycles. The van der Waals surface area contributed by atoms with E-state index in [1.807, 2.05) is 24.3 Å². The first-order chi connectivity index (χ1) is 10.7. The van der Waals surface area contributed by atoms with Crippen LogP contribution in [0.3, 0.4) is 0 Å². The highest BCUT2D eigenvalue weighted by Gasteiger charge is 2.02. The molecule has 2 N–H and O–H groups in total. The minimum absolute atomic E-state index is 0.248. The fraction of sp³-hybridized carbons (Fsp3) is 0.278. The van der Waals surface area contributed by atoms with Gasteiger partial charge in [0.15, 0.2) is 0 Å². The number of rotatable bonds is 7. The summed E-state index contributed by atoms with van der Waals surface area (Å²) < 4.78 is 10.8. The number of carbonyl (C=O) groups is 1. The minimum Gasteiger partial charge on any atom is -0.489 e. The molecule has 2 aromatic rings. The Morgan fingerprint density at radius 3 is 2.18 bits per heavy atom. The molecule has 0 radical (unpaired) electrons. The van der Waals surface area contributed by atoms with Gasteiger partial charge in [0.05, 0.1) is 6.42 Å². The molecule has 0 spiro atoms. The van der Waals surface area contributed by atoms with E-state index < -0.39 is 0 Å². The van der Waals surface area contributed by atoms with E-state index in [2.05, 4.69) is 31.2 Å². The first kappa shape index (κ1) is 16.0. The van der Waals surface area contributed by atoms with E-state index in [-0.39, 0.29) is 19.0 Å². The summed E-state index contributed by atoms with van der Waals surface area (Å²) in [5.41, 5.74) is 8.58. The molecule has 2 rings (SSSR count). The van der Waals surface area contributed by atoms with Crippen LogP contribution in [-0.2, 0) is 22.7 Å². The van der Waals surface area contributed by atoms with E-state index in [0.717, 1.165) is 16.9 Å². The Morgan fingerprint density at radius 1 is 0.955 bits per heavy atom. The van der Waals surface area contributed by atoms with Crippen molar-refractivity contribution in [2.24, 2.45) is 5.73 Å². The van der Waals surface area contributed by atoms with Gasteiger partial charge in [-0.25, -0.2) is 0 Å². The van der Waals surface area contributed by atoms with Gasteiger partial charge >= 0.3 is 5.97 Å². The van der Waals surface area contributed by atoms with E-state index in [4.69, 9.17) is 15.2 Å². The summed E-state index contributed by atoms with van der Waals surface area (Å²) in [6, 6.07) is 15.8. The van der Waals surface area contributed by atoms with Crippen molar-refractivity contribution in [2.45, 2.75) is 26.6 Å². The molecule has 0 fully saturated rings. The Morgan fingerprint density at radius 2 is 1.55 bits per heavy atom. The number of esters is 1. The maximum absolute atomic E-state index is 11.2. The molecule has 0 saturated heterocycles. The van der Waals surface area contributed by atoms with Crippen molar-refractivity contribution in [3.05, 3.63) is 65.2 Å². The standard InChI is InChI=1S/C18H21NO3/c1-14-2-4-15(5-3-14)12-21-17-8-6-16(7-9-17)13-22-18(20)10-11-19/h2-9H,10-13,19H2,1H3. The van der Waals surface area contributed by atoms with Gasteiger partial charge in [0.1, 0.15) is 19.0 Å². The molecule has 0 atom stereocenters. The summed E-state index contributed by atoms with van der Waals surface area (Å²) in [6.45, 7) is 3.16. The molecule has 116 valence electrons. The van der Waals surface area contributed by atoms with Crippen molar-refractivity contribution in [3.63, 3.8) is 0 Å². The van der Waals surface area contributed by atoms with Crippen LogP contribution in [-0.4, -0.2) is 12.5 Å². The number of nitrogens with two attached hydrogens (primary N) is 1. The summed E-state index contributed by atoms with van der Waals surface area (Å²) >= 11 is 0. The second-order valence-corrected chi connectivity index (χ2v) is 5.12. The van der Waals surface area contributed by atoms with Gasteiger partial charge < -0.3 is 15.2 Å². The second kappa shape index (κ2) is 8.20. The summed E-state index contributed by atoms with van der Waals surface area (Å²) in [5.74, 6) is 0.514. The molecule has 0 aliphatic rings. The number of hydrogen-bond donors (Lipinski definition) is 1. The molecule has 22 heavy (non-hydrogen) atoms. The highest BCUT2D eigenvalue weighted by Crippen LogP contribution is 2.15. The maximum Gasteiger partial charge on any atom is 0.307 e. The minimum atomic E-state index is -0.276. The van der Waals surface area contributed by atoms with Crippen LogP contribution in [0.2, 0.25) is 0 Å². The molecule has 4 heteroatoms. The zero-order valence-electron chi connectivity index (χ0n) is 12.7. The largest absolute Gasteiger partial charge is 0.489 e. The van der Waals surface area contributed by atoms with Crippen LogP contribution in [0, 0.1) is 6.92 Å². The van der Waals surface area contributed by atoms with Crippen molar-refractivity contribution in [3.8, 4) is 5.75 Å². The summed E-state index contributed by atoms with van der Waals surface area (Å²) in [7, 11) is 0. The van der Waals surface area contributed by atoms with Gasteiger partial charge in [0, 0.05) is 6.54 Å². The lowest BCUT2D eigenvalue weighted by Gasteiger charge is -2.08. The maximum atomic E-state index is 11.2. The van der Waals surface area contributed by atoms with E-state index in [9.17, 15) is 4.79 Å². The van der Waals surface area contributed by atoms with Gasteiger partial charge in [0.25, 0.3) is 0 Å². The molecule has 4 nitrogen and oxygen atoms in total. The molecule has 0 amide bonds. The number of carbonyl (C=O) groups excluding carboxylic acids is 1. The molecule has 0 aliphatic carbocycles. The predicted molar refractivity (Wildman–Crippen MR) is 85.4 cm³/mol. The summed E-state index contributed by atoms with van der Waals surface area (Å²) in [6.07, 6.45) is 0.248. The fourth-order valence-electron chi connectivity index (χ4n) is 1.89. The van der Waals surface area contributed by atoms with Crippen molar-refractivity contribution >= 4 is 5.97 Å². The Labute approximate surface area is 130 Å². The average molecular weight is 299 g/mol. The number of aryl methyl sites for hydroxylation is 1. The van der Waals surface area contributed by atoms with Crippen LogP contribution in [0.4, 0.5) is 0 Å². The molecule has 2 aromatic carbocycles. The van der Waals surface area contributed by atoms with E-state index in [1.165, 1.54) is 5.56 Å². The van der Waals surface area contributed by atoms with Crippen molar-refractivity contribution in [2.75, 3.05) is 6.54 Å². The lowest BCUT2D eigenvalue weighted by Crippen LogP contribution is -2.10. The zero-order valence-corrected chi connectivity index (χ0v) is 12.7. The first-order valence-corrected chi connectivity index (χ1v) is 7.30. The Hall–Kier alpha value is -2.33. The molecule has 0 aliphatic heterocycles. The van der Waals surface area contributed by atoms with Crippen molar-refractivity contribution < 1.29 is 14.3 Å². The monoisotopic (exact) mass is 299 g/mol. The third-order valence-corrected chi connectivity index (χ3v) is 3.20. The molecule has 0 aromatic heterocycles. The van der Waals surface area contributed by atoms with Gasteiger partial charge in [-0.15, -0.1) is 0 Å². The quantitative estimate of drug-likeness (QED) is 0.798. The fourth-order valence-corrected chi connectivity index (χ4v) is 1.89. The van der Waals surface area contributed by atoms with Gasteiger partial charge in [-0.2, -0.15) is 0 Å². The number of hydrogen-bond acceptors (Lipinski definition) is 4. The van der Waals surface area contributed by atoms with Crippen LogP contribution in [0.25, 0.3) is 0 Å². The lowest BCUT2D eigenvalue weighted by atomic mass is 10.2. The highest BCUT2D eigenvalue weighted by molar-refractivity contribution is 5.69. The molecule has 0 unspecified atom stereocenters. The highest BCUT2D eigenvalue weighted by atomic mass is 16.5. The second-order valence-electron chi connectivity index (χ2n) is 5.12. The topological polar surface area (TPSA) is 61.5 Å². The van der Waals surface area contributed by atoms with Crippen molar-refractivity contribution in [1.29, 1.82) is 0 Å². The smallest absolute Gasteiger partial charge is 0.307 e. The Balaban J connectivity index is 1.81. The van der Waals surface area contributed by atoms with Crippen LogP contribution in [0.15, 0.2) is 48.5 Å². The third-order valence-electron chi connectivity index (χ3n) is 3.20. The Kier molecular flexibility index (Phi) is 5.98. The summed E-state index contributed by atoms with van der Waals surface area (Å²) in [5, 5.41) is 0. The Bertz CT molecular complexity index is 591. The normalized spacial score (nSPS) is 10.3. The molecule has 0 saturated carbocycles. The van der Waals surface area contributed by atoms with Gasteiger partial charge in [-0.3, -0.25) is 4.79 Å². The molecular weight excluding hydrogens is 278 g/mol. The first-order valence-electron chi connectivity index (χ1n) is 7.30. The number of benzene rings is 2. The van der Waals surface area contributed by atoms with Gasteiger partial charge in [-0.05, 0) is 30.2 Å². The average Bonchev–Trinajstić information content (AvgIpc) is 2.54.